The van der Waals surface area contributed by atoms with Crippen molar-refractivity contribution in [3.8, 4) is 0 Å². The highest BCUT2D eigenvalue weighted by molar-refractivity contribution is 5.76. The van der Waals surface area contributed by atoms with Gasteiger partial charge in [0.15, 0.2) is 0 Å². The summed E-state index contributed by atoms with van der Waals surface area (Å²) in [7, 11) is 0. The zero-order chi connectivity index (χ0) is 53.6. The first kappa shape index (κ1) is 72.3. The standard InChI is InChI=1S/C68H131NO5/c1-3-5-7-9-11-13-15-17-18-19-28-31-34-37-40-44-48-52-56-60-66(71)65(64-70)69-67(72)61-57-53-49-45-41-38-35-32-29-26-24-22-20-21-23-25-27-30-33-36-39-43-47-51-55-59-63-74-68(73)62-58-54-50-46-42-16-14-12-10-8-6-4-2/h12,14,56,60,65-66,70-71H,3-11,13,15-55,57-59,61-64H2,1-2H3,(H,69,72)/b14-12-,60-56+. The van der Waals surface area contributed by atoms with Gasteiger partial charge in [-0.2, -0.15) is 0 Å². The molecular formula is C68H131NO5. The van der Waals surface area contributed by atoms with Crippen LogP contribution in [-0.2, 0) is 14.3 Å². The summed E-state index contributed by atoms with van der Waals surface area (Å²) in [4.78, 5) is 24.5. The average molecular weight is 1040 g/mol. The Bertz CT molecular complexity index is 1150. The SMILES string of the molecule is CCCCC/C=C\CCCCCCCC(=O)OCCCCCCCCCCCCCCCCCCCCCCCCCCCCC(=O)NC(CO)C(O)/C=C/CCCCCCCCCCCCCCCCCCC. The van der Waals surface area contributed by atoms with Crippen molar-refractivity contribution in [1.82, 2.24) is 5.32 Å². The predicted molar refractivity (Wildman–Crippen MR) is 324 cm³/mol. The molecule has 0 aromatic carbocycles. The molecule has 6 nitrogen and oxygen atoms in total. The maximum atomic E-state index is 12.5. The molecule has 0 rings (SSSR count). The van der Waals surface area contributed by atoms with Gasteiger partial charge in [-0.15, -0.1) is 0 Å². The summed E-state index contributed by atoms with van der Waals surface area (Å²) >= 11 is 0. The van der Waals surface area contributed by atoms with Crippen molar-refractivity contribution in [2.45, 2.75) is 386 Å². The summed E-state index contributed by atoms with van der Waals surface area (Å²) < 4.78 is 5.47. The third kappa shape index (κ3) is 59.6. The van der Waals surface area contributed by atoms with E-state index in [0.29, 0.717) is 19.4 Å². The molecule has 0 aliphatic carbocycles. The minimum Gasteiger partial charge on any atom is -0.466 e. The lowest BCUT2D eigenvalue weighted by molar-refractivity contribution is -0.143. The molecule has 0 aromatic heterocycles. The van der Waals surface area contributed by atoms with Crippen LogP contribution in [0.2, 0.25) is 0 Å². The molecule has 0 heterocycles. The number of carbonyl (C=O) groups is 2. The first-order valence-electron chi connectivity index (χ1n) is 33.6. The maximum Gasteiger partial charge on any atom is 0.305 e. The van der Waals surface area contributed by atoms with E-state index in [1.54, 1.807) is 6.08 Å². The first-order chi connectivity index (χ1) is 36.5. The Morgan fingerprint density at radius 1 is 0.365 bits per heavy atom. The van der Waals surface area contributed by atoms with Crippen molar-refractivity contribution < 1.29 is 24.5 Å². The van der Waals surface area contributed by atoms with Crippen molar-refractivity contribution in [1.29, 1.82) is 0 Å². The zero-order valence-corrected chi connectivity index (χ0v) is 50.1. The third-order valence-electron chi connectivity index (χ3n) is 15.7. The van der Waals surface area contributed by atoms with E-state index in [1.165, 1.54) is 302 Å². The molecule has 2 unspecified atom stereocenters. The molecule has 0 fully saturated rings. The van der Waals surface area contributed by atoms with Gasteiger partial charge in [0.25, 0.3) is 0 Å². The molecule has 0 aliphatic rings. The molecule has 0 aliphatic heterocycles. The number of ether oxygens (including phenoxy) is 1. The molecule has 0 aromatic rings. The van der Waals surface area contributed by atoms with Crippen LogP contribution in [0.3, 0.4) is 0 Å². The molecule has 3 N–H and O–H groups in total. The van der Waals surface area contributed by atoms with Crippen molar-refractivity contribution in [2.75, 3.05) is 13.2 Å². The van der Waals surface area contributed by atoms with Gasteiger partial charge in [-0.25, -0.2) is 0 Å². The number of aliphatic hydroxyl groups is 2. The molecular weight excluding hydrogens is 911 g/mol. The van der Waals surface area contributed by atoms with Crippen molar-refractivity contribution in [3.05, 3.63) is 24.3 Å². The Morgan fingerprint density at radius 2 is 0.635 bits per heavy atom. The fourth-order valence-electron chi connectivity index (χ4n) is 10.6. The van der Waals surface area contributed by atoms with Gasteiger partial charge >= 0.3 is 5.97 Å². The van der Waals surface area contributed by atoms with Crippen LogP contribution in [0.4, 0.5) is 0 Å². The number of aliphatic hydroxyl groups excluding tert-OH is 2. The van der Waals surface area contributed by atoms with Crippen molar-refractivity contribution in [2.24, 2.45) is 0 Å². The summed E-state index contributed by atoms with van der Waals surface area (Å²) in [6, 6.07) is -0.626. The molecule has 6 heteroatoms. The van der Waals surface area contributed by atoms with Gasteiger partial charge in [-0.3, -0.25) is 9.59 Å². The number of unbranched alkanes of at least 4 members (excludes halogenated alkanes) is 50. The molecule has 0 saturated carbocycles. The second-order valence-corrected chi connectivity index (χ2v) is 23.2. The quantitative estimate of drug-likeness (QED) is 0.0320. The van der Waals surface area contributed by atoms with E-state index in [1.807, 2.05) is 6.08 Å². The molecule has 1 amide bonds. The monoisotopic (exact) mass is 1040 g/mol. The summed E-state index contributed by atoms with van der Waals surface area (Å²) in [5, 5.41) is 23.2. The molecule has 0 saturated heterocycles. The van der Waals surface area contributed by atoms with E-state index >= 15 is 0 Å². The number of rotatable bonds is 63. The van der Waals surface area contributed by atoms with E-state index in [4.69, 9.17) is 4.74 Å². The van der Waals surface area contributed by atoms with E-state index in [2.05, 4.69) is 31.3 Å². The highest BCUT2D eigenvalue weighted by Crippen LogP contribution is 2.18. The highest BCUT2D eigenvalue weighted by Gasteiger charge is 2.18. The lowest BCUT2D eigenvalue weighted by Crippen LogP contribution is -2.45. The minimum atomic E-state index is -0.843. The summed E-state index contributed by atoms with van der Waals surface area (Å²) in [6.07, 6.45) is 79.6. The largest absolute Gasteiger partial charge is 0.466 e. The van der Waals surface area contributed by atoms with Crippen LogP contribution in [0.5, 0.6) is 0 Å². The van der Waals surface area contributed by atoms with E-state index in [0.717, 1.165) is 44.9 Å². The molecule has 74 heavy (non-hydrogen) atoms. The first-order valence-corrected chi connectivity index (χ1v) is 33.6. The lowest BCUT2D eigenvalue weighted by atomic mass is 10.0. The van der Waals surface area contributed by atoms with E-state index < -0.39 is 12.1 Å². The van der Waals surface area contributed by atoms with Crippen LogP contribution in [0.25, 0.3) is 0 Å². The average Bonchev–Trinajstić information content (AvgIpc) is 3.40. The van der Waals surface area contributed by atoms with Gasteiger partial charge in [0, 0.05) is 12.8 Å². The summed E-state index contributed by atoms with van der Waals surface area (Å²) in [6.45, 7) is 4.91. The van der Waals surface area contributed by atoms with Gasteiger partial charge in [-0.1, -0.05) is 327 Å². The van der Waals surface area contributed by atoms with Crippen LogP contribution in [0.1, 0.15) is 373 Å². The predicted octanol–water partition coefficient (Wildman–Crippen LogP) is 21.4. The third-order valence-corrected chi connectivity index (χ3v) is 15.7. The molecule has 0 radical (unpaired) electrons. The Morgan fingerprint density at radius 3 is 0.986 bits per heavy atom. The normalized spacial score (nSPS) is 12.6. The van der Waals surface area contributed by atoms with Gasteiger partial charge in [0.05, 0.1) is 25.4 Å². The summed E-state index contributed by atoms with van der Waals surface area (Å²) in [5.74, 6) is -0.0552. The Balaban J connectivity index is 3.38. The number of hydrogen-bond donors (Lipinski definition) is 3. The number of carbonyl (C=O) groups excluding carboxylic acids is 2. The minimum absolute atomic E-state index is 0.00721. The van der Waals surface area contributed by atoms with Gasteiger partial charge < -0.3 is 20.3 Å². The summed E-state index contributed by atoms with van der Waals surface area (Å²) in [5.41, 5.74) is 0. The number of allylic oxidation sites excluding steroid dienone is 3. The molecule has 0 bridgehead atoms. The topological polar surface area (TPSA) is 95.9 Å². The lowest BCUT2D eigenvalue weighted by Gasteiger charge is -2.20. The van der Waals surface area contributed by atoms with Gasteiger partial charge in [0.2, 0.25) is 5.91 Å². The van der Waals surface area contributed by atoms with Crippen molar-refractivity contribution >= 4 is 11.9 Å². The Labute approximate surface area is 462 Å². The van der Waals surface area contributed by atoms with Gasteiger partial charge in [0.1, 0.15) is 0 Å². The van der Waals surface area contributed by atoms with Gasteiger partial charge in [-0.05, 0) is 57.8 Å². The molecule has 0 spiro atoms. The number of nitrogens with one attached hydrogen (secondary N) is 1. The van der Waals surface area contributed by atoms with Crippen LogP contribution >= 0.6 is 0 Å². The number of amides is 1. The number of hydrogen-bond acceptors (Lipinski definition) is 5. The van der Waals surface area contributed by atoms with Crippen LogP contribution in [0.15, 0.2) is 24.3 Å². The fraction of sp³-hybridized carbons (Fsp3) is 0.912. The van der Waals surface area contributed by atoms with E-state index in [-0.39, 0.29) is 18.5 Å². The highest BCUT2D eigenvalue weighted by atomic mass is 16.5. The second kappa shape index (κ2) is 63.9. The molecule has 2 atom stereocenters. The van der Waals surface area contributed by atoms with Crippen LogP contribution < -0.4 is 5.32 Å². The van der Waals surface area contributed by atoms with Crippen LogP contribution in [-0.4, -0.2) is 47.4 Å². The maximum absolute atomic E-state index is 12.5. The Hall–Kier alpha value is -1.66. The van der Waals surface area contributed by atoms with Crippen molar-refractivity contribution in [3.63, 3.8) is 0 Å². The smallest absolute Gasteiger partial charge is 0.305 e. The second-order valence-electron chi connectivity index (χ2n) is 23.2. The zero-order valence-electron chi connectivity index (χ0n) is 50.1. The van der Waals surface area contributed by atoms with Crippen LogP contribution in [0, 0.1) is 0 Å². The van der Waals surface area contributed by atoms with E-state index in [9.17, 15) is 19.8 Å². The Kier molecular flexibility index (Phi) is 62.4. The fourth-order valence-corrected chi connectivity index (χ4v) is 10.6. The number of esters is 1. The molecule has 438 valence electrons.